The Kier molecular flexibility index (Phi) is 2.14. The molecule has 0 bridgehead atoms. The van der Waals surface area contributed by atoms with Crippen molar-refractivity contribution in [3.63, 3.8) is 0 Å². The van der Waals surface area contributed by atoms with E-state index in [1.54, 1.807) is 0 Å². The average Bonchev–Trinajstić information content (AvgIpc) is 2.30. The van der Waals surface area contributed by atoms with E-state index in [1.807, 2.05) is 0 Å². The lowest BCUT2D eigenvalue weighted by atomic mass is 10.2. The first-order valence-electron chi connectivity index (χ1n) is 3.02. The van der Waals surface area contributed by atoms with Crippen molar-refractivity contribution >= 4 is 23.4 Å². The fraction of sp³-hybridized carbons (Fsp3) is 0.167. The molecular formula is C6H5ClN2O3. The third-order valence-corrected chi connectivity index (χ3v) is 1.55. The number of carbonyl (C=O) groups excluding carboxylic acids is 1. The first-order chi connectivity index (χ1) is 5.54. The summed E-state index contributed by atoms with van der Waals surface area (Å²) in [7, 11) is 0. The predicted octanol–water partition coefficient (Wildman–Crippen LogP) is 0.964. The molecule has 0 amide bonds. The van der Waals surface area contributed by atoms with Crippen LogP contribution in [0, 0.1) is 0 Å². The largest absolute Gasteiger partial charge is 0.476 e. The van der Waals surface area contributed by atoms with Crippen molar-refractivity contribution in [2.24, 2.45) is 0 Å². The SMILES string of the molecule is CC(=O)c1c(C(=O)O)n[nH]c1Cl. The van der Waals surface area contributed by atoms with Gasteiger partial charge in [0, 0.05) is 0 Å². The van der Waals surface area contributed by atoms with Crippen LogP contribution in [0.25, 0.3) is 0 Å². The van der Waals surface area contributed by atoms with Crippen molar-refractivity contribution in [3.8, 4) is 0 Å². The van der Waals surface area contributed by atoms with E-state index in [0.717, 1.165) is 0 Å². The van der Waals surface area contributed by atoms with E-state index in [-0.39, 0.29) is 16.4 Å². The van der Waals surface area contributed by atoms with E-state index in [2.05, 4.69) is 10.2 Å². The fourth-order valence-corrected chi connectivity index (χ4v) is 1.06. The van der Waals surface area contributed by atoms with E-state index in [0.29, 0.717) is 0 Å². The van der Waals surface area contributed by atoms with Crippen LogP contribution in [-0.2, 0) is 0 Å². The zero-order chi connectivity index (χ0) is 9.30. The first-order valence-corrected chi connectivity index (χ1v) is 3.40. The number of H-pyrrole nitrogens is 1. The summed E-state index contributed by atoms with van der Waals surface area (Å²) in [6.07, 6.45) is 0. The summed E-state index contributed by atoms with van der Waals surface area (Å²) >= 11 is 5.48. The number of aromatic nitrogens is 2. The van der Waals surface area contributed by atoms with E-state index in [9.17, 15) is 9.59 Å². The van der Waals surface area contributed by atoms with Crippen molar-refractivity contribution in [2.45, 2.75) is 6.92 Å². The number of Topliss-reactive ketones (excluding diaryl/α,β-unsaturated/α-hetero) is 1. The third-order valence-electron chi connectivity index (χ3n) is 1.28. The van der Waals surface area contributed by atoms with Gasteiger partial charge >= 0.3 is 5.97 Å². The van der Waals surface area contributed by atoms with Gasteiger partial charge in [0.05, 0.1) is 5.56 Å². The fourth-order valence-electron chi connectivity index (χ4n) is 0.797. The first kappa shape index (κ1) is 8.73. The van der Waals surface area contributed by atoms with E-state index < -0.39 is 11.8 Å². The standard InChI is InChI=1S/C6H5ClN2O3/c1-2(10)3-4(6(11)12)8-9-5(3)7/h1H3,(H,8,9)(H,11,12). The number of nitrogens with zero attached hydrogens (tertiary/aromatic N) is 1. The highest BCUT2D eigenvalue weighted by Crippen LogP contribution is 2.16. The maximum absolute atomic E-state index is 10.8. The van der Waals surface area contributed by atoms with Gasteiger partial charge in [0.1, 0.15) is 5.15 Å². The molecule has 1 heterocycles. The second-order valence-corrected chi connectivity index (χ2v) is 2.50. The van der Waals surface area contributed by atoms with E-state index >= 15 is 0 Å². The Morgan fingerprint density at radius 1 is 1.58 bits per heavy atom. The molecule has 0 aliphatic heterocycles. The maximum atomic E-state index is 10.8. The summed E-state index contributed by atoms with van der Waals surface area (Å²) in [5.74, 6) is -1.70. The number of ketones is 1. The molecule has 0 fully saturated rings. The molecule has 12 heavy (non-hydrogen) atoms. The minimum absolute atomic E-state index is 0.0418. The zero-order valence-electron chi connectivity index (χ0n) is 6.09. The summed E-state index contributed by atoms with van der Waals surface area (Å²) in [4.78, 5) is 21.3. The molecule has 6 heteroatoms. The second kappa shape index (κ2) is 2.94. The molecular weight excluding hydrogens is 184 g/mol. The van der Waals surface area contributed by atoms with Crippen LogP contribution in [0.4, 0.5) is 0 Å². The Labute approximate surface area is 72.3 Å². The summed E-state index contributed by atoms with van der Waals surface area (Å²) in [6.45, 7) is 1.23. The lowest BCUT2D eigenvalue weighted by Crippen LogP contribution is -2.04. The van der Waals surface area contributed by atoms with Gasteiger partial charge in [-0.2, -0.15) is 5.10 Å². The Balaban J connectivity index is 3.31. The number of aromatic carboxylic acids is 1. The Hall–Kier alpha value is -1.36. The molecule has 0 spiro atoms. The maximum Gasteiger partial charge on any atom is 0.357 e. The van der Waals surface area contributed by atoms with Crippen LogP contribution in [0.2, 0.25) is 5.15 Å². The number of rotatable bonds is 2. The van der Waals surface area contributed by atoms with Gasteiger partial charge in [-0.25, -0.2) is 4.79 Å². The third kappa shape index (κ3) is 1.31. The number of aromatic amines is 1. The molecule has 0 saturated heterocycles. The van der Waals surface area contributed by atoms with Gasteiger partial charge in [-0.1, -0.05) is 11.6 Å². The van der Waals surface area contributed by atoms with Crippen LogP contribution in [0.15, 0.2) is 0 Å². The molecule has 0 saturated carbocycles. The molecule has 0 aromatic carbocycles. The number of carboxylic acids is 1. The highest BCUT2D eigenvalue weighted by Gasteiger charge is 2.20. The number of hydrogen-bond donors (Lipinski definition) is 2. The van der Waals surface area contributed by atoms with E-state index in [4.69, 9.17) is 16.7 Å². The minimum atomic E-state index is -1.27. The van der Waals surface area contributed by atoms with Gasteiger partial charge in [-0.3, -0.25) is 9.89 Å². The highest BCUT2D eigenvalue weighted by molar-refractivity contribution is 6.33. The Bertz CT molecular complexity index is 345. The Morgan fingerprint density at radius 2 is 2.17 bits per heavy atom. The summed E-state index contributed by atoms with van der Waals surface area (Å²) in [5, 5.41) is 14.1. The molecule has 0 atom stereocenters. The lowest BCUT2D eigenvalue weighted by molar-refractivity contribution is 0.0686. The van der Waals surface area contributed by atoms with Crippen LogP contribution in [0.3, 0.4) is 0 Å². The van der Waals surface area contributed by atoms with Crippen molar-refractivity contribution in [3.05, 3.63) is 16.4 Å². The quantitative estimate of drug-likeness (QED) is 0.678. The van der Waals surface area contributed by atoms with Crippen LogP contribution in [0.1, 0.15) is 27.8 Å². The monoisotopic (exact) mass is 188 g/mol. The smallest absolute Gasteiger partial charge is 0.357 e. The summed E-state index contributed by atoms with van der Waals surface area (Å²) in [6, 6.07) is 0. The lowest BCUT2D eigenvalue weighted by Gasteiger charge is -1.91. The van der Waals surface area contributed by atoms with Gasteiger partial charge in [-0.05, 0) is 6.92 Å². The molecule has 0 radical (unpaired) electrons. The normalized spacial score (nSPS) is 9.83. The second-order valence-electron chi connectivity index (χ2n) is 2.12. The predicted molar refractivity (Wildman–Crippen MR) is 40.6 cm³/mol. The number of halogens is 1. The Morgan fingerprint density at radius 3 is 2.50 bits per heavy atom. The zero-order valence-corrected chi connectivity index (χ0v) is 6.84. The van der Waals surface area contributed by atoms with Crippen molar-refractivity contribution < 1.29 is 14.7 Å². The van der Waals surface area contributed by atoms with Gasteiger partial charge in [0.2, 0.25) is 0 Å². The molecule has 0 unspecified atom stereocenters. The molecule has 0 aliphatic rings. The molecule has 0 aliphatic carbocycles. The summed E-state index contributed by atoms with van der Waals surface area (Å²) < 4.78 is 0. The van der Waals surface area contributed by atoms with E-state index in [1.165, 1.54) is 6.92 Å². The van der Waals surface area contributed by atoms with Crippen molar-refractivity contribution in [1.82, 2.24) is 10.2 Å². The van der Waals surface area contributed by atoms with Crippen molar-refractivity contribution in [1.29, 1.82) is 0 Å². The molecule has 1 aromatic rings. The topological polar surface area (TPSA) is 83.1 Å². The minimum Gasteiger partial charge on any atom is -0.476 e. The average molecular weight is 189 g/mol. The molecule has 1 rings (SSSR count). The van der Waals surface area contributed by atoms with Crippen LogP contribution in [0.5, 0.6) is 0 Å². The summed E-state index contributed by atoms with van der Waals surface area (Å²) in [5.41, 5.74) is -0.420. The highest BCUT2D eigenvalue weighted by atomic mass is 35.5. The van der Waals surface area contributed by atoms with Gasteiger partial charge < -0.3 is 5.11 Å². The van der Waals surface area contributed by atoms with Gasteiger partial charge in [0.25, 0.3) is 0 Å². The number of carboxylic acid groups (broad SMARTS) is 1. The molecule has 2 N–H and O–H groups in total. The molecule has 1 aromatic heterocycles. The number of carbonyl (C=O) groups is 2. The number of nitrogens with one attached hydrogen (secondary N) is 1. The van der Waals surface area contributed by atoms with Gasteiger partial charge in [0.15, 0.2) is 11.5 Å². The molecule has 5 nitrogen and oxygen atoms in total. The van der Waals surface area contributed by atoms with Crippen LogP contribution < -0.4 is 0 Å². The van der Waals surface area contributed by atoms with Crippen LogP contribution in [-0.4, -0.2) is 27.1 Å². The molecule has 64 valence electrons. The van der Waals surface area contributed by atoms with Crippen LogP contribution >= 0.6 is 11.6 Å². The van der Waals surface area contributed by atoms with Gasteiger partial charge in [-0.15, -0.1) is 0 Å². The number of hydrogen-bond acceptors (Lipinski definition) is 3. The van der Waals surface area contributed by atoms with Crippen molar-refractivity contribution in [2.75, 3.05) is 0 Å².